The first kappa shape index (κ1) is 17.4. The molecule has 134 valence electrons. The molecule has 0 N–H and O–H groups in total. The maximum absolute atomic E-state index is 13.7. The summed E-state index contributed by atoms with van der Waals surface area (Å²) in [5.74, 6) is 0.498. The first-order chi connectivity index (χ1) is 12.0. The molecule has 3 rings (SSSR count). The van der Waals surface area contributed by atoms with Crippen LogP contribution in [0.3, 0.4) is 0 Å². The maximum atomic E-state index is 13.7. The molecule has 6 nitrogen and oxygen atoms in total. The summed E-state index contributed by atoms with van der Waals surface area (Å²) in [6.07, 6.45) is 0.678. The standard InChI is InChI=1S/C18H23FN4O2/c1-20-16(13-17(24)21(2)18(20)25)23-11-9-22(10-12-23)8-7-14-5-3-4-6-15(14)19/h3-6,13H,7-12H2,1-2H3. The molecule has 2 aromatic rings. The lowest BCUT2D eigenvalue weighted by Gasteiger charge is -2.36. The zero-order valence-electron chi connectivity index (χ0n) is 14.6. The van der Waals surface area contributed by atoms with Gasteiger partial charge in [0.1, 0.15) is 11.6 Å². The van der Waals surface area contributed by atoms with Crippen molar-refractivity contribution in [3.05, 3.63) is 62.6 Å². The zero-order chi connectivity index (χ0) is 18.0. The summed E-state index contributed by atoms with van der Waals surface area (Å²) in [7, 11) is 3.16. The van der Waals surface area contributed by atoms with Crippen molar-refractivity contribution in [3.63, 3.8) is 0 Å². The predicted molar refractivity (Wildman–Crippen MR) is 95.7 cm³/mol. The summed E-state index contributed by atoms with van der Waals surface area (Å²) in [4.78, 5) is 28.3. The molecule has 1 saturated heterocycles. The van der Waals surface area contributed by atoms with Gasteiger partial charge in [-0.15, -0.1) is 0 Å². The van der Waals surface area contributed by atoms with Crippen LogP contribution in [0.25, 0.3) is 0 Å². The van der Waals surface area contributed by atoms with Gasteiger partial charge in [0.25, 0.3) is 5.56 Å². The highest BCUT2D eigenvalue weighted by atomic mass is 19.1. The number of hydrogen-bond acceptors (Lipinski definition) is 4. The van der Waals surface area contributed by atoms with Crippen molar-refractivity contribution in [1.29, 1.82) is 0 Å². The molecule has 0 amide bonds. The molecule has 1 fully saturated rings. The summed E-state index contributed by atoms with van der Waals surface area (Å²) >= 11 is 0. The molecule has 0 spiro atoms. The minimum absolute atomic E-state index is 0.156. The Morgan fingerprint density at radius 2 is 1.68 bits per heavy atom. The topological polar surface area (TPSA) is 50.5 Å². The summed E-state index contributed by atoms with van der Waals surface area (Å²) in [5, 5.41) is 0. The van der Waals surface area contributed by atoms with Crippen LogP contribution < -0.4 is 16.1 Å². The van der Waals surface area contributed by atoms with E-state index in [1.807, 2.05) is 12.1 Å². The van der Waals surface area contributed by atoms with E-state index in [1.165, 1.54) is 23.7 Å². The number of halogens is 1. The van der Waals surface area contributed by atoms with Gasteiger partial charge in [0.05, 0.1) is 0 Å². The Bertz CT molecular complexity index is 866. The van der Waals surface area contributed by atoms with Crippen molar-refractivity contribution in [2.75, 3.05) is 37.6 Å². The molecule has 25 heavy (non-hydrogen) atoms. The number of hydrogen-bond donors (Lipinski definition) is 0. The Kier molecular flexibility index (Phi) is 5.03. The van der Waals surface area contributed by atoms with E-state index in [0.29, 0.717) is 12.2 Å². The zero-order valence-corrected chi connectivity index (χ0v) is 14.6. The van der Waals surface area contributed by atoms with Crippen molar-refractivity contribution in [1.82, 2.24) is 14.0 Å². The molecule has 1 aliphatic heterocycles. The van der Waals surface area contributed by atoms with Crippen LogP contribution in [0.4, 0.5) is 10.2 Å². The first-order valence-corrected chi connectivity index (χ1v) is 8.45. The Morgan fingerprint density at radius 3 is 2.36 bits per heavy atom. The second-order valence-corrected chi connectivity index (χ2v) is 6.41. The minimum Gasteiger partial charge on any atom is -0.355 e. The van der Waals surface area contributed by atoms with Crippen molar-refractivity contribution in [2.45, 2.75) is 6.42 Å². The number of aromatic nitrogens is 2. The molecule has 1 aliphatic rings. The van der Waals surface area contributed by atoms with Gasteiger partial charge in [-0.2, -0.15) is 0 Å². The van der Waals surface area contributed by atoms with Crippen molar-refractivity contribution in [3.8, 4) is 0 Å². The minimum atomic E-state index is -0.315. The van der Waals surface area contributed by atoms with Crippen molar-refractivity contribution in [2.24, 2.45) is 14.1 Å². The number of benzene rings is 1. The van der Waals surface area contributed by atoms with Gasteiger partial charge < -0.3 is 4.90 Å². The van der Waals surface area contributed by atoms with Crippen LogP contribution in [-0.2, 0) is 20.5 Å². The fraction of sp³-hybridized carbons (Fsp3) is 0.444. The Balaban J connectivity index is 1.62. The molecule has 1 aromatic heterocycles. The molecule has 0 aliphatic carbocycles. The molecule has 0 atom stereocenters. The predicted octanol–water partition coefficient (Wildman–Crippen LogP) is 0.588. The van der Waals surface area contributed by atoms with E-state index in [0.717, 1.165) is 42.9 Å². The van der Waals surface area contributed by atoms with Gasteiger partial charge in [0, 0.05) is 52.9 Å². The van der Waals surface area contributed by atoms with Gasteiger partial charge in [-0.1, -0.05) is 18.2 Å². The highest BCUT2D eigenvalue weighted by Gasteiger charge is 2.20. The molecule has 0 bridgehead atoms. The molecular weight excluding hydrogens is 323 g/mol. The quantitative estimate of drug-likeness (QED) is 0.813. The summed E-state index contributed by atoms with van der Waals surface area (Å²) < 4.78 is 16.3. The van der Waals surface area contributed by atoms with Gasteiger partial charge in [0.15, 0.2) is 0 Å². The Hall–Kier alpha value is -2.41. The fourth-order valence-electron chi connectivity index (χ4n) is 3.21. The van der Waals surface area contributed by atoms with Crippen LogP contribution in [0.1, 0.15) is 5.56 Å². The SMILES string of the molecule is Cn1c(N2CCN(CCc3ccccc3F)CC2)cc(=O)n(C)c1=O. The Labute approximate surface area is 145 Å². The number of nitrogens with zero attached hydrogens (tertiary/aromatic N) is 4. The van der Waals surface area contributed by atoms with Crippen LogP contribution in [-0.4, -0.2) is 46.8 Å². The monoisotopic (exact) mass is 346 g/mol. The summed E-state index contributed by atoms with van der Waals surface area (Å²) in [5.41, 5.74) is 0.128. The number of anilines is 1. The largest absolute Gasteiger partial charge is 0.355 e. The number of rotatable bonds is 4. The smallest absolute Gasteiger partial charge is 0.332 e. The highest BCUT2D eigenvalue weighted by molar-refractivity contribution is 5.39. The van der Waals surface area contributed by atoms with Crippen LogP contribution in [0, 0.1) is 5.82 Å². The molecule has 0 unspecified atom stereocenters. The molecule has 2 heterocycles. The summed E-state index contributed by atoms with van der Waals surface area (Å²) in [6, 6.07) is 8.37. The van der Waals surface area contributed by atoms with Gasteiger partial charge >= 0.3 is 5.69 Å². The Morgan fingerprint density at radius 1 is 1.00 bits per heavy atom. The summed E-state index contributed by atoms with van der Waals surface area (Å²) in [6.45, 7) is 3.90. The van der Waals surface area contributed by atoms with Gasteiger partial charge in [0.2, 0.25) is 0 Å². The molecule has 1 aromatic carbocycles. The lowest BCUT2D eigenvalue weighted by molar-refractivity contribution is 0.258. The lowest BCUT2D eigenvalue weighted by Crippen LogP contribution is -2.49. The van der Waals surface area contributed by atoms with E-state index in [2.05, 4.69) is 9.80 Å². The molecular formula is C18H23FN4O2. The van der Waals surface area contributed by atoms with E-state index < -0.39 is 0 Å². The van der Waals surface area contributed by atoms with Crippen LogP contribution in [0.2, 0.25) is 0 Å². The lowest BCUT2D eigenvalue weighted by atomic mass is 10.1. The van der Waals surface area contributed by atoms with E-state index in [-0.39, 0.29) is 17.1 Å². The molecule has 7 heteroatoms. The van der Waals surface area contributed by atoms with Gasteiger partial charge in [-0.3, -0.25) is 18.8 Å². The van der Waals surface area contributed by atoms with Gasteiger partial charge in [-0.25, -0.2) is 9.18 Å². The van der Waals surface area contributed by atoms with E-state index in [4.69, 9.17) is 0 Å². The van der Waals surface area contributed by atoms with Crippen molar-refractivity contribution >= 4 is 5.82 Å². The second-order valence-electron chi connectivity index (χ2n) is 6.41. The normalized spacial score (nSPS) is 15.6. The second kappa shape index (κ2) is 7.23. The van der Waals surface area contributed by atoms with E-state index in [9.17, 15) is 14.0 Å². The van der Waals surface area contributed by atoms with Crippen LogP contribution in [0.5, 0.6) is 0 Å². The average Bonchev–Trinajstić information content (AvgIpc) is 2.63. The van der Waals surface area contributed by atoms with Crippen LogP contribution >= 0.6 is 0 Å². The highest BCUT2D eigenvalue weighted by Crippen LogP contribution is 2.13. The maximum Gasteiger partial charge on any atom is 0.332 e. The third-order valence-corrected chi connectivity index (χ3v) is 4.85. The third kappa shape index (κ3) is 3.66. The first-order valence-electron chi connectivity index (χ1n) is 8.45. The van der Waals surface area contributed by atoms with E-state index >= 15 is 0 Å². The average molecular weight is 346 g/mol. The third-order valence-electron chi connectivity index (χ3n) is 4.85. The molecule has 0 saturated carbocycles. The van der Waals surface area contributed by atoms with E-state index in [1.54, 1.807) is 13.1 Å². The van der Waals surface area contributed by atoms with Crippen molar-refractivity contribution < 1.29 is 4.39 Å². The fourth-order valence-corrected chi connectivity index (χ4v) is 3.21. The van der Waals surface area contributed by atoms with Crippen LogP contribution in [0.15, 0.2) is 39.9 Å². The number of piperazine rings is 1. The molecule has 0 radical (unpaired) electrons. The van der Waals surface area contributed by atoms with Gasteiger partial charge in [-0.05, 0) is 18.1 Å².